The first-order valence-corrected chi connectivity index (χ1v) is 8.18. The van der Waals surface area contributed by atoms with Crippen LogP contribution in [0, 0.1) is 20.8 Å². The Morgan fingerprint density at radius 1 is 0.944 bits per heavy atom. The van der Waals surface area contributed by atoms with E-state index in [0.29, 0.717) is 0 Å². The van der Waals surface area contributed by atoms with Crippen LogP contribution in [0.15, 0.2) is 42.5 Å². The molecular weight excluding hydrogens is 261 g/mol. The van der Waals surface area contributed by atoms with Crippen LogP contribution in [0.4, 0.5) is 5.69 Å². The summed E-state index contributed by atoms with van der Waals surface area (Å²) in [5.74, 6) is 0. The summed E-state index contributed by atoms with van der Waals surface area (Å²) >= 11 is 6.56. The molecule has 0 saturated heterocycles. The molecule has 2 aromatic carbocycles. The zero-order valence-electron chi connectivity index (χ0n) is 10.9. The molecule has 94 valence electrons. The fourth-order valence-electron chi connectivity index (χ4n) is 2.16. The van der Waals surface area contributed by atoms with Gasteiger partial charge in [0.05, 0.1) is 0 Å². The normalized spacial score (nSPS) is 12.2. The fraction of sp³-hybridized carbons (Fsp3) is 0.200. The molecule has 0 spiro atoms. The van der Waals surface area contributed by atoms with Gasteiger partial charge in [0, 0.05) is 11.0 Å². The third-order valence-corrected chi connectivity index (χ3v) is 5.15. The number of anilines is 1. The Bertz CT molecular complexity index is 516. The van der Waals surface area contributed by atoms with Gasteiger partial charge in [-0.2, -0.15) is 0 Å². The Balaban J connectivity index is 2.27. The van der Waals surface area contributed by atoms with Crippen LogP contribution in [-0.2, 0) is 0 Å². The highest BCUT2D eigenvalue weighted by molar-refractivity contribution is 7.91. The second-order valence-corrected chi connectivity index (χ2v) is 6.75. The minimum Gasteiger partial charge on any atom is -0.348 e. The summed E-state index contributed by atoms with van der Waals surface area (Å²) in [6.45, 7) is 6.37. The highest BCUT2D eigenvalue weighted by Crippen LogP contribution is 2.42. The Hall–Kier alpha value is -1.04. The first-order chi connectivity index (χ1) is 8.58. The van der Waals surface area contributed by atoms with E-state index in [1.165, 1.54) is 22.0 Å². The van der Waals surface area contributed by atoms with E-state index in [4.69, 9.17) is 11.2 Å². The van der Waals surface area contributed by atoms with Gasteiger partial charge in [0.1, 0.15) is 7.43 Å². The first kappa shape index (κ1) is 13.4. The molecule has 18 heavy (non-hydrogen) atoms. The van der Waals surface area contributed by atoms with Crippen molar-refractivity contribution in [2.45, 2.75) is 20.8 Å². The Kier molecular flexibility index (Phi) is 4.27. The van der Waals surface area contributed by atoms with Crippen LogP contribution >= 0.6 is 18.7 Å². The molecule has 0 amide bonds. The molecule has 0 aliphatic rings. The van der Waals surface area contributed by atoms with Gasteiger partial charge < -0.3 is 5.09 Å². The van der Waals surface area contributed by atoms with Crippen molar-refractivity contribution in [1.82, 2.24) is 0 Å². The molecule has 0 heterocycles. The third-order valence-electron chi connectivity index (χ3n) is 2.83. The quantitative estimate of drug-likeness (QED) is 0.787. The Morgan fingerprint density at radius 2 is 1.50 bits per heavy atom. The summed E-state index contributed by atoms with van der Waals surface area (Å²) in [4.78, 5) is 0. The topological polar surface area (TPSA) is 12.0 Å². The minimum atomic E-state index is -0.884. The zero-order valence-corrected chi connectivity index (χ0v) is 12.5. The molecule has 0 fully saturated rings. The second kappa shape index (κ2) is 5.73. The Morgan fingerprint density at radius 3 is 2.06 bits per heavy atom. The van der Waals surface area contributed by atoms with E-state index < -0.39 is 7.43 Å². The van der Waals surface area contributed by atoms with E-state index in [1.807, 2.05) is 30.3 Å². The summed E-state index contributed by atoms with van der Waals surface area (Å²) in [6.07, 6.45) is 0. The molecule has 2 rings (SSSR count). The SMILES string of the molecule is Cc1cc(C)c(P(Cl)Nc2ccccc2)c(C)c1. The molecular formula is C15H17ClNP. The number of hydrogen-bond acceptors (Lipinski definition) is 1. The maximum Gasteiger partial charge on any atom is 0.119 e. The van der Waals surface area contributed by atoms with Crippen LogP contribution in [0.25, 0.3) is 0 Å². The van der Waals surface area contributed by atoms with Crippen molar-refractivity contribution in [2.24, 2.45) is 0 Å². The van der Waals surface area contributed by atoms with Crippen molar-refractivity contribution in [3.05, 3.63) is 59.2 Å². The van der Waals surface area contributed by atoms with E-state index in [9.17, 15) is 0 Å². The second-order valence-electron chi connectivity index (χ2n) is 4.51. The minimum absolute atomic E-state index is 0.884. The van der Waals surface area contributed by atoms with Crippen molar-refractivity contribution in [3.63, 3.8) is 0 Å². The van der Waals surface area contributed by atoms with Crippen LogP contribution in [-0.4, -0.2) is 0 Å². The summed E-state index contributed by atoms with van der Waals surface area (Å²) in [5, 5.41) is 4.63. The standard InChI is InChI=1S/C15H17ClNP/c1-11-9-12(2)15(13(3)10-11)18(16)17-14-7-5-4-6-8-14/h4-10,17H,1-3H3. The van der Waals surface area contributed by atoms with Crippen LogP contribution < -0.4 is 10.4 Å². The van der Waals surface area contributed by atoms with Gasteiger partial charge >= 0.3 is 0 Å². The number of para-hydroxylation sites is 1. The summed E-state index contributed by atoms with van der Waals surface area (Å²) < 4.78 is 0. The molecule has 1 nitrogen and oxygen atoms in total. The molecule has 0 radical (unpaired) electrons. The largest absolute Gasteiger partial charge is 0.348 e. The Labute approximate surface area is 115 Å². The number of nitrogens with one attached hydrogen (secondary N) is 1. The lowest BCUT2D eigenvalue weighted by Gasteiger charge is -2.18. The number of benzene rings is 2. The predicted molar refractivity (Wildman–Crippen MR) is 83.1 cm³/mol. The highest BCUT2D eigenvalue weighted by atomic mass is 35.7. The molecule has 0 aromatic heterocycles. The molecule has 1 N–H and O–H groups in total. The maximum absolute atomic E-state index is 6.56. The fourth-order valence-corrected chi connectivity index (χ4v) is 4.49. The monoisotopic (exact) mass is 277 g/mol. The van der Waals surface area contributed by atoms with E-state index in [-0.39, 0.29) is 0 Å². The smallest absolute Gasteiger partial charge is 0.119 e. The first-order valence-electron chi connectivity index (χ1n) is 5.93. The van der Waals surface area contributed by atoms with Gasteiger partial charge in [0.25, 0.3) is 0 Å². The average molecular weight is 278 g/mol. The van der Waals surface area contributed by atoms with Gasteiger partial charge in [0.15, 0.2) is 0 Å². The van der Waals surface area contributed by atoms with Crippen molar-refractivity contribution in [1.29, 1.82) is 0 Å². The van der Waals surface area contributed by atoms with Gasteiger partial charge in [-0.25, -0.2) is 0 Å². The third kappa shape index (κ3) is 3.04. The van der Waals surface area contributed by atoms with Gasteiger partial charge in [-0.1, -0.05) is 47.1 Å². The van der Waals surface area contributed by atoms with Crippen LogP contribution in [0.5, 0.6) is 0 Å². The molecule has 1 unspecified atom stereocenters. The average Bonchev–Trinajstić information content (AvgIpc) is 2.28. The summed E-state index contributed by atoms with van der Waals surface area (Å²) in [7, 11) is -0.884. The van der Waals surface area contributed by atoms with Crippen LogP contribution in [0.3, 0.4) is 0 Å². The van der Waals surface area contributed by atoms with Gasteiger partial charge in [-0.05, 0) is 44.0 Å². The zero-order chi connectivity index (χ0) is 13.1. The van der Waals surface area contributed by atoms with E-state index in [1.54, 1.807) is 0 Å². The number of halogens is 1. The van der Waals surface area contributed by atoms with Crippen molar-refractivity contribution >= 4 is 29.7 Å². The molecule has 3 heteroatoms. The maximum atomic E-state index is 6.56. The molecule has 2 aromatic rings. The highest BCUT2D eigenvalue weighted by Gasteiger charge is 2.14. The number of rotatable bonds is 3. The van der Waals surface area contributed by atoms with E-state index in [0.717, 1.165) is 5.69 Å². The van der Waals surface area contributed by atoms with Crippen molar-refractivity contribution in [2.75, 3.05) is 5.09 Å². The lowest BCUT2D eigenvalue weighted by molar-refractivity contribution is 1.36. The van der Waals surface area contributed by atoms with Crippen molar-refractivity contribution < 1.29 is 0 Å². The molecule has 0 aliphatic heterocycles. The summed E-state index contributed by atoms with van der Waals surface area (Å²) in [5.41, 5.74) is 4.88. The lowest BCUT2D eigenvalue weighted by atomic mass is 10.1. The molecule has 0 bridgehead atoms. The number of aryl methyl sites for hydroxylation is 3. The van der Waals surface area contributed by atoms with Crippen LogP contribution in [0.1, 0.15) is 16.7 Å². The predicted octanol–water partition coefficient (Wildman–Crippen LogP) is 4.90. The lowest BCUT2D eigenvalue weighted by Crippen LogP contribution is -2.12. The summed E-state index contributed by atoms with van der Waals surface area (Å²) in [6, 6.07) is 14.5. The molecule has 0 aliphatic carbocycles. The van der Waals surface area contributed by atoms with Crippen molar-refractivity contribution in [3.8, 4) is 0 Å². The van der Waals surface area contributed by atoms with Crippen LogP contribution in [0.2, 0.25) is 0 Å². The van der Waals surface area contributed by atoms with Gasteiger partial charge in [-0.3, -0.25) is 0 Å². The number of hydrogen-bond donors (Lipinski definition) is 1. The van der Waals surface area contributed by atoms with Gasteiger partial charge in [-0.15, -0.1) is 0 Å². The van der Waals surface area contributed by atoms with E-state index in [2.05, 4.69) is 38.0 Å². The van der Waals surface area contributed by atoms with E-state index >= 15 is 0 Å². The molecule has 1 atom stereocenters. The van der Waals surface area contributed by atoms with Gasteiger partial charge in [0.2, 0.25) is 0 Å². The molecule has 0 saturated carbocycles.